The van der Waals surface area contributed by atoms with Crippen LogP contribution in [0.15, 0.2) is 42.5 Å². The van der Waals surface area contributed by atoms with Crippen molar-refractivity contribution < 1.29 is 9.13 Å². The lowest BCUT2D eigenvalue weighted by Crippen LogP contribution is -2.00. The lowest BCUT2D eigenvalue weighted by molar-refractivity contribution is 0.306. The fourth-order valence-electron chi connectivity index (χ4n) is 1.38. The molecule has 0 radical (unpaired) electrons. The van der Waals surface area contributed by atoms with Crippen LogP contribution in [-0.2, 0) is 6.61 Å². The van der Waals surface area contributed by atoms with Gasteiger partial charge in [0.05, 0.1) is 0 Å². The van der Waals surface area contributed by atoms with Gasteiger partial charge in [0, 0.05) is 5.02 Å². The summed E-state index contributed by atoms with van der Waals surface area (Å²) in [4.78, 5) is 0. The van der Waals surface area contributed by atoms with E-state index in [-0.39, 0.29) is 5.69 Å². The Morgan fingerprint density at radius 2 is 1.82 bits per heavy atom. The van der Waals surface area contributed by atoms with Crippen molar-refractivity contribution in [3.63, 3.8) is 0 Å². The molecular weight excluding hydrogens is 241 g/mol. The molecule has 2 N–H and O–H groups in total. The summed E-state index contributed by atoms with van der Waals surface area (Å²) in [5.74, 6) is -0.126. The fourth-order valence-corrected chi connectivity index (χ4v) is 1.51. The zero-order valence-electron chi connectivity index (χ0n) is 8.99. The molecule has 0 fully saturated rings. The molecule has 17 heavy (non-hydrogen) atoms. The summed E-state index contributed by atoms with van der Waals surface area (Å²) in [6, 6.07) is 11.7. The van der Waals surface area contributed by atoms with Crippen LogP contribution in [0.25, 0.3) is 0 Å². The second-order valence-corrected chi connectivity index (χ2v) is 4.00. The monoisotopic (exact) mass is 251 g/mol. The number of para-hydroxylation sites is 1. The zero-order valence-corrected chi connectivity index (χ0v) is 9.75. The lowest BCUT2D eigenvalue weighted by Gasteiger charge is -2.09. The van der Waals surface area contributed by atoms with Crippen LogP contribution in [0.1, 0.15) is 5.56 Å². The van der Waals surface area contributed by atoms with Gasteiger partial charge in [-0.2, -0.15) is 0 Å². The van der Waals surface area contributed by atoms with Crippen LogP contribution < -0.4 is 10.5 Å². The molecule has 0 saturated carbocycles. The number of rotatable bonds is 3. The molecule has 0 unspecified atom stereocenters. The van der Waals surface area contributed by atoms with Gasteiger partial charge in [-0.15, -0.1) is 0 Å². The van der Waals surface area contributed by atoms with Gasteiger partial charge < -0.3 is 10.5 Å². The van der Waals surface area contributed by atoms with Gasteiger partial charge in [0.25, 0.3) is 0 Å². The number of nitrogen functional groups attached to an aromatic ring is 1. The van der Waals surface area contributed by atoms with E-state index in [1.165, 1.54) is 6.07 Å². The number of benzene rings is 2. The summed E-state index contributed by atoms with van der Waals surface area (Å²) in [5.41, 5.74) is 6.52. The second-order valence-electron chi connectivity index (χ2n) is 3.57. The molecule has 0 aliphatic carbocycles. The molecule has 0 heterocycles. The predicted molar refractivity (Wildman–Crippen MR) is 66.6 cm³/mol. The molecule has 0 bridgehead atoms. The van der Waals surface area contributed by atoms with E-state index in [1.807, 2.05) is 12.1 Å². The van der Waals surface area contributed by atoms with Gasteiger partial charge in [-0.1, -0.05) is 29.8 Å². The van der Waals surface area contributed by atoms with Crippen LogP contribution in [0.2, 0.25) is 5.02 Å². The Morgan fingerprint density at radius 3 is 2.53 bits per heavy atom. The Kier molecular flexibility index (Phi) is 3.49. The van der Waals surface area contributed by atoms with E-state index in [2.05, 4.69) is 0 Å². The third-order valence-corrected chi connectivity index (χ3v) is 2.57. The van der Waals surface area contributed by atoms with Crippen molar-refractivity contribution >= 4 is 17.3 Å². The van der Waals surface area contributed by atoms with E-state index in [9.17, 15) is 4.39 Å². The van der Waals surface area contributed by atoms with E-state index < -0.39 is 5.82 Å². The van der Waals surface area contributed by atoms with Gasteiger partial charge in [0.15, 0.2) is 0 Å². The topological polar surface area (TPSA) is 35.2 Å². The molecule has 0 aromatic heterocycles. The van der Waals surface area contributed by atoms with Gasteiger partial charge in [0.2, 0.25) is 0 Å². The van der Waals surface area contributed by atoms with Crippen molar-refractivity contribution in [3.8, 4) is 5.75 Å². The summed E-state index contributed by atoms with van der Waals surface area (Å²) in [6.45, 7) is 0.324. The number of ether oxygens (including phenoxy) is 1. The van der Waals surface area contributed by atoms with Crippen molar-refractivity contribution in [2.24, 2.45) is 0 Å². The molecule has 0 spiro atoms. The zero-order chi connectivity index (χ0) is 12.3. The van der Waals surface area contributed by atoms with Crippen molar-refractivity contribution in [1.29, 1.82) is 0 Å². The van der Waals surface area contributed by atoms with E-state index in [0.717, 1.165) is 5.56 Å². The highest BCUT2D eigenvalue weighted by molar-refractivity contribution is 6.30. The Bertz CT molecular complexity index is 513. The fraction of sp³-hybridized carbons (Fsp3) is 0.0769. The van der Waals surface area contributed by atoms with Gasteiger partial charge in [0.1, 0.15) is 23.9 Å². The van der Waals surface area contributed by atoms with Gasteiger partial charge in [-0.05, 0) is 29.8 Å². The highest BCUT2D eigenvalue weighted by atomic mass is 35.5. The van der Waals surface area contributed by atoms with E-state index in [0.29, 0.717) is 17.4 Å². The average Bonchev–Trinajstić information content (AvgIpc) is 2.33. The maximum Gasteiger partial charge on any atom is 0.149 e. The summed E-state index contributed by atoms with van der Waals surface area (Å²) in [5, 5.41) is 0.666. The van der Waals surface area contributed by atoms with Crippen molar-refractivity contribution in [2.75, 3.05) is 5.73 Å². The molecular formula is C13H11ClFNO. The first-order valence-electron chi connectivity index (χ1n) is 5.08. The minimum Gasteiger partial charge on any atom is -0.487 e. The number of nitrogens with two attached hydrogens (primary N) is 1. The largest absolute Gasteiger partial charge is 0.487 e. The number of hydrogen-bond donors (Lipinski definition) is 1. The molecule has 0 atom stereocenters. The van der Waals surface area contributed by atoms with Crippen LogP contribution in [0.3, 0.4) is 0 Å². The molecule has 88 valence electrons. The first-order valence-corrected chi connectivity index (χ1v) is 5.46. The molecule has 0 saturated heterocycles. The summed E-state index contributed by atoms with van der Waals surface area (Å²) >= 11 is 5.76. The molecule has 0 amide bonds. The van der Waals surface area contributed by atoms with Crippen LogP contribution in [0.4, 0.5) is 10.1 Å². The van der Waals surface area contributed by atoms with Crippen LogP contribution >= 0.6 is 11.6 Å². The van der Waals surface area contributed by atoms with Gasteiger partial charge in [-0.3, -0.25) is 0 Å². The molecule has 0 aliphatic heterocycles. The van der Waals surface area contributed by atoms with Gasteiger partial charge in [-0.25, -0.2) is 4.39 Å². The Balaban J connectivity index is 2.07. The van der Waals surface area contributed by atoms with E-state index >= 15 is 0 Å². The highest BCUT2D eigenvalue weighted by Gasteiger charge is 2.05. The highest BCUT2D eigenvalue weighted by Crippen LogP contribution is 2.24. The summed E-state index contributed by atoms with van der Waals surface area (Å²) in [7, 11) is 0. The average molecular weight is 252 g/mol. The van der Waals surface area contributed by atoms with Crippen LogP contribution in [0.5, 0.6) is 5.75 Å². The van der Waals surface area contributed by atoms with Gasteiger partial charge >= 0.3 is 0 Å². The second kappa shape index (κ2) is 5.06. The van der Waals surface area contributed by atoms with E-state index in [4.69, 9.17) is 22.1 Å². The third kappa shape index (κ3) is 2.88. The predicted octanol–water partition coefficient (Wildman–Crippen LogP) is 3.64. The maximum atomic E-state index is 13.1. The quantitative estimate of drug-likeness (QED) is 0.846. The molecule has 0 aliphatic rings. The first kappa shape index (κ1) is 11.7. The Labute approximate surface area is 104 Å². The van der Waals surface area contributed by atoms with Crippen LogP contribution in [0, 0.1) is 5.82 Å². The van der Waals surface area contributed by atoms with Crippen molar-refractivity contribution in [3.05, 3.63) is 58.9 Å². The lowest BCUT2D eigenvalue weighted by atomic mass is 10.2. The van der Waals surface area contributed by atoms with Crippen molar-refractivity contribution in [2.45, 2.75) is 6.61 Å². The van der Waals surface area contributed by atoms with Crippen LogP contribution in [-0.4, -0.2) is 0 Å². The first-order chi connectivity index (χ1) is 8.16. The Morgan fingerprint density at radius 1 is 1.12 bits per heavy atom. The molecule has 2 rings (SSSR count). The van der Waals surface area contributed by atoms with Crippen molar-refractivity contribution in [1.82, 2.24) is 0 Å². The third-order valence-electron chi connectivity index (χ3n) is 2.32. The minimum absolute atomic E-state index is 0.0291. The Hall–Kier alpha value is -1.74. The number of hydrogen-bond acceptors (Lipinski definition) is 2. The summed E-state index contributed by atoms with van der Waals surface area (Å²) in [6.07, 6.45) is 0. The molecule has 2 nitrogen and oxygen atoms in total. The molecule has 2 aromatic rings. The smallest absolute Gasteiger partial charge is 0.149 e. The number of anilines is 1. The number of halogens is 2. The maximum absolute atomic E-state index is 13.1. The molecule has 2 aromatic carbocycles. The minimum atomic E-state index is -0.474. The normalized spacial score (nSPS) is 10.2. The van der Waals surface area contributed by atoms with E-state index in [1.54, 1.807) is 24.3 Å². The summed E-state index contributed by atoms with van der Waals surface area (Å²) < 4.78 is 18.6. The standard InChI is InChI=1S/C13H11ClFNO/c14-10-6-4-9(5-7-10)8-17-12-3-1-2-11(15)13(12)16/h1-7H,8,16H2. The molecule has 4 heteroatoms. The SMILES string of the molecule is Nc1c(F)cccc1OCc1ccc(Cl)cc1.